The molecule has 2 N–H and O–H groups in total. The number of aliphatic imine (C=N–C) groups is 1. The van der Waals surface area contributed by atoms with Crippen LogP contribution in [-0.4, -0.2) is 31.6 Å². The Kier molecular flexibility index (Phi) is 4.11. The molecule has 0 aromatic heterocycles. The molecule has 0 spiro atoms. The van der Waals surface area contributed by atoms with Crippen molar-refractivity contribution in [3.05, 3.63) is 36.1 Å². The molecule has 1 fully saturated rings. The van der Waals surface area contributed by atoms with Crippen LogP contribution in [-0.2, 0) is 4.74 Å². The van der Waals surface area contributed by atoms with E-state index >= 15 is 0 Å². The van der Waals surface area contributed by atoms with Crippen LogP contribution in [0, 0.1) is 0 Å². The molecule has 0 aromatic rings. The van der Waals surface area contributed by atoms with Gasteiger partial charge in [0.2, 0.25) is 5.60 Å². The third kappa shape index (κ3) is 2.97. The van der Waals surface area contributed by atoms with Crippen molar-refractivity contribution in [1.82, 2.24) is 0 Å². The van der Waals surface area contributed by atoms with E-state index in [0.717, 1.165) is 0 Å². The molecule has 0 saturated carbocycles. The van der Waals surface area contributed by atoms with Crippen LogP contribution in [0.15, 0.2) is 41.1 Å². The molecule has 1 rings (SSSR count). The first kappa shape index (κ1) is 13.5. The summed E-state index contributed by atoms with van der Waals surface area (Å²) in [7, 11) is 1.48. The zero-order valence-corrected chi connectivity index (χ0v) is 9.24. The van der Waals surface area contributed by atoms with Gasteiger partial charge in [-0.05, 0) is 23.9 Å². The molecule has 0 bridgehead atoms. The largest absolute Gasteiger partial charge is 0.424 e. The molecule has 0 radical (unpaired) electrons. The topological polar surface area (TPSA) is 50.9 Å². The molecule has 3 nitrogen and oxygen atoms in total. The zero-order valence-electron chi connectivity index (χ0n) is 9.24. The molecule has 1 aliphatic rings. The van der Waals surface area contributed by atoms with Gasteiger partial charge in [-0.25, -0.2) is 0 Å². The average Bonchev–Trinajstić information content (AvgIpc) is 3.03. The second kappa shape index (κ2) is 5.18. The van der Waals surface area contributed by atoms with Gasteiger partial charge in [-0.15, -0.1) is 0 Å². The van der Waals surface area contributed by atoms with E-state index in [9.17, 15) is 13.2 Å². The third-order valence-electron chi connectivity index (χ3n) is 2.26. The first-order chi connectivity index (χ1) is 7.98. The van der Waals surface area contributed by atoms with Crippen molar-refractivity contribution in [2.75, 3.05) is 13.7 Å². The van der Waals surface area contributed by atoms with Gasteiger partial charge in [-0.1, -0.05) is 12.2 Å². The maximum absolute atomic E-state index is 12.8. The molecule has 1 atom stereocenters. The molecule has 0 aromatic carbocycles. The van der Waals surface area contributed by atoms with Gasteiger partial charge in [-0.3, -0.25) is 4.99 Å². The minimum Gasteiger partial charge on any atom is -0.405 e. The van der Waals surface area contributed by atoms with Gasteiger partial charge in [0.05, 0.1) is 6.61 Å². The van der Waals surface area contributed by atoms with Gasteiger partial charge in [0.15, 0.2) is 0 Å². The van der Waals surface area contributed by atoms with Crippen molar-refractivity contribution < 1.29 is 17.9 Å². The van der Waals surface area contributed by atoms with Crippen LogP contribution < -0.4 is 5.73 Å². The molecule has 1 saturated heterocycles. The molecule has 17 heavy (non-hydrogen) atoms. The van der Waals surface area contributed by atoms with E-state index in [1.165, 1.54) is 43.8 Å². The van der Waals surface area contributed by atoms with Crippen LogP contribution >= 0.6 is 0 Å². The molecule has 1 aliphatic heterocycles. The maximum atomic E-state index is 12.8. The number of hydrogen-bond donors (Lipinski definition) is 1. The van der Waals surface area contributed by atoms with Crippen LogP contribution in [0.25, 0.3) is 0 Å². The number of rotatable bonds is 4. The van der Waals surface area contributed by atoms with Crippen molar-refractivity contribution in [1.29, 1.82) is 0 Å². The molecule has 94 valence electrons. The Balaban J connectivity index is 3.00. The lowest BCUT2D eigenvalue weighted by Gasteiger charge is -2.16. The number of alkyl halides is 3. The smallest absolute Gasteiger partial charge is 0.405 e. The van der Waals surface area contributed by atoms with Crippen LogP contribution in [0.1, 0.15) is 0 Å². The fourth-order valence-electron chi connectivity index (χ4n) is 1.27. The van der Waals surface area contributed by atoms with Gasteiger partial charge >= 0.3 is 6.18 Å². The van der Waals surface area contributed by atoms with Crippen molar-refractivity contribution in [3.8, 4) is 0 Å². The summed E-state index contributed by atoms with van der Waals surface area (Å²) in [4.78, 5) is 3.63. The zero-order chi connectivity index (χ0) is 12.9. The normalized spacial score (nSPS) is 26.5. The Morgan fingerprint density at radius 1 is 1.41 bits per heavy atom. The highest BCUT2D eigenvalue weighted by Crippen LogP contribution is 2.49. The molecule has 0 amide bonds. The molecular weight excluding hydrogens is 233 g/mol. The van der Waals surface area contributed by atoms with Gasteiger partial charge in [0.25, 0.3) is 0 Å². The van der Waals surface area contributed by atoms with Gasteiger partial charge in [-0.2, -0.15) is 13.2 Å². The summed E-state index contributed by atoms with van der Waals surface area (Å²) in [6.45, 7) is -0.365. The van der Waals surface area contributed by atoms with Crippen molar-refractivity contribution in [3.63, 3.8) is 0 Å². The van der Waals surface area contributed by atoms with Crippen LogP contribution in [0.5, 0.6) is 0 Å². The lowest BCUT2D eigenvalue weighted by Crippen LogP contribution is -2.34. The fraction of sp³-hybridized carbons (Fsp3) is 0.364. The van der Waals surface area contributed by atoms with E-state index in [4.69, 9.17) is 5.73 Å². The van der Waals surface area contributed by atoms with Gasteiger partial charge in [0.1, 0.15) is 0 Å². The Morgan fingerprint density at radius 2 is 2.06 bits per heavy atom. The van der Waals surface area contributed by atoms with Gasteiger partial charge in [0, 0.05) is 13.3 Å². The summed E-state index contributed by atoms with van der Waals surface area (Å²) in [5, 5.41) is 0. The summed E-state index contributed by atoms with van der Waals surface area (Å²) >= 11 is 0. The predicted molar refractivity (Wildman–Crippen MR) is 59.7 cm³/mol. The highest BCUT2D eigenvalue weighted by molar-refractivity contribution is 5.74. The molecular formula is C11H13F3N2O. The van der Waals surface area contributed by atoms with E-state index in [1.54, 1.807) is 0 Å². The highest BCUT2D eigenvalue weighted by Gasteiger charge is 2.67. The number of nitrogens with two attached hydrogens (primary N) is 1. The number of allylic oxidation sites excluding steroid dienone is 3. The number of epoxide rings is 1. The molecule has 1 heterocycles. The number of ether oxygens (including phenoxy) is 1. The summed E-state index contributed by atoms with van der Waals surface area (Å²) in [5.41, 5.74) is 2.91. The first-order valence-electron chi connectivity index (χ1n) is 4.86. The first-order valence-corrected chi connectivity index (χ1v) is 4.86. The maximum Gasteiger partial charge on any atom is 0.424 e. The van der Waals surface area contributed by atoms with Crippen LogP contribution in [0.2, 0.25) is 0 Å². The second-order valence-electron chi connectivity index (χ2n) is 3.39. The molecule has 6 heteroatoms. The predicted octanol–water partition coefficient (Wildman–Crippen LogP) is 1.97. The standard InChI is InChI=1S/C11H13F3N2O/c1-16-7-5-9(4-2-3-6-15)10(8-17-10)11(12,13)14/h2-7H,8,15H2,1H3/b4-2-,6-3+,9-5+,16-7?. The Bertz CT molecular complexity index is 377. The lowest BCUT2D eigenvalue weighted by molar-refractivity contribution is -0.171. The summed E-state index contributed by atoms with van der Waals surface area (Å²) in [5.74, 6) is 0. The van der Waals surface area contributed by atoms with Crippen molar-refractivity contribution in [2.24, 2.45) is 10.7 Å². The van der Waals surface area contributed by atoms with Crippen LogP contribution in [0.3, 0.4) is 0 Å². The van der Waals surface area contributed by atoms with Crippen LogP contribution in [0.4, 0.5) is 13.2 Å². The number of halogens is 3. The summed E-state index contributed by atoms with van der Waals surface area (Å²) < 4.78 is 43.0. The minimum absolute atomic E-state index is 0.00806. The quantitative estimate of drug-likeness (QED) is 0.468. The van der Waals surface area contributed by atoms with E-state index in [-0.39, 0.29) is 12.2 Å². The van der Waals surface area contributed by atoms with E-state index in [1.807, 2.05) is 0 Å². The minimum atomic E-state index is -4.43. The lowest BCUT2D eigenvalue weighted by atomic mass is 9.98. The molecule has 0 aliphatic carbocycles. The van der Waals surface area contributed by atoms with E-state index in [0.29, 0.717) is 0 Å². The summed E-state index contributed by atoms with van der Waals surface area (Å²) in [6, 6.07) is 0. The van der Waals surface area contributed by atoms with Crippen molar-refractivity contribution in [2.45, 2.75) is 11.8 Å². The Hall–Kier alpha value is -1.56. The fourth-order valence-corrected chi connectivity index (χ4v) is 1.27. The third-order valence-corrected chi connectivity index (χ3v) is 2.26. The molecule has 1 unspecified atom stereocenters. The average molecular weight is 246 g/mol. The van der Waals surface area contributed by atoms with Gasteiger partial charge < -0.3 is 10.5 Å². The Morgan fingerprint density at radius 3 is 2.47 bits per heavy atom. The SMILES string of the molecule is CN=C\C=C(/C=C\C=C\N)C1(C(F)(F)F)CO1. The highest BCUT2D eigenvalue weighted by atomic mass is 19.4. The van der Waals surface area contributed by atoms with E-state index in [2.05, 4.69) is 9.73 Å². The van der Waals surface area contributed by atoms with Crippen molar-refractivity contribution >= 4 is 6.21 Å². The number of nitrogens with zero attached hydrogens (tertiary/aromatic N) is 1. The monoisotopic (exact) mass is 246 g/mol. The number of hydrogen-bond acceptors (Lipinski definition) is 3. The summed E-state index contributed by atoms with van der Waals surface area (Å²) in [6.07, 6.45) is 3.54. The van der Waals surface area contributed by atoms with E-state index < -0.39 is 11.8 Å². The second-order valence-corrected chi connectivity index (χ2v) is 3.39. The Labute approximate surface area is 97.2 Å².